The lowest BCUT2D eigenvalue weighted by Gasteiger charge is -2.21. The molecule has 0 unspecified atom stereocenters. The summed E-state index contributed by atoms with van der Waals surface area (Å²) in [4.78, 5) is 13.6. The van der Waals surface area contributed by atoms with Crippen molar-refractivity contribution >= 4 is 5.91 Å². The molecule has 0 atom stereocenters. The van der Waals surface area contributed by atoms with E-state index in [1.54, 1.807) is 0 Å². The Bertz CT molecular complexity index is 256. The highest BCUT2D eigenvalue weighted by Gasteiger charge is 2.17. The van der Waals surface area contributed by atoms with Crippen molar-refractivity contribution in [2.24, 2.45) is 5.92 Å². The van der Waals surface area contributed by atoms with E-state index in [4.69, 9.17) is 0 Å². The van der Waals surface area contributed by atoms with E-state index in [0.29, 0.717) is 12.5 Å². The molecular weight excluding hydrogens is 176 g/mol. The van der Waals surface area contributed by atoms with Crippen LogP contribution in [-0.2, 0) is 4.79 Å². The fraction of sp³-hybridized carbons (Fsp3) is 0.727. The molecule has 14 heavy (non-hydrogen) atoms. The highest BCUT2D eigenvalue weighted by Crippen LogP contribution is 2.09. The molecule has 0 aliphatic carbocycles. The van der Waals surface area contributed by atoms with Crippen molar-refractivity contribution in [1.82, 2.24) is 10.2 Å². The van der Waals surface area contributed by atoms with Gasteiger partial charge in [-0.25, -0.2) is 0 Å². The fourth-order valence-electron chi connectivity index (χ4n) is 1.71. The average molecular weight is 196 g/mol. The Morgan fingerprint density at radius 1 is 1.36 bits per heavy atom. The first-order valence-corrected chi connectivity index (χ1v) is 5.17. The van der Waals surface area contributed by atoms with Gasteiger partial charge in [-0.15, -0.1) is 0 Å². The number of hydrogen-bond donors (Lipinski definition) is 1. The van der Waals surface area contributed by atoms with E-state index in [1.165, 1.54) is 5.57 Å². The van der Waals surface area contributed by atoms with Crippen molar-refractivity contribution in [2.45, 2.75) is 27.7 Å². The van der Waals surface area contributed by atoms with Gasteiger partial charge in [0, 0.05) is 18.8 Å². The molecule has 0 bridgehead atoms. The van der Waals surface area contributed by atoms with Crippen LogP contribution >= 0.6 is 0 Å². The minimum absolute atomic E-state index is 0.111. The zero-order valence-electron chi connectivity index (χ0n) is 9.55. The lowest BCUT2D eigenvalue weighted by molar-refractivity contribution is -0.121. The SMILES string of the molecule is CC1=C(C)NC(=O)CN(CC(C)C)C1. The van der Waals surface area contributed by atoms with Crippen molar-refractivity contribution < 1.29 is 4.79 Å². The lowest BCUT2D eigenvalue weighted by atomic mass is 10.2. The standard InChI is InChI=1S/C11H20N2O/c1-8(2)5-13-6-9(3)10(4)12-11(14)7-13/h8H,5-7H2,1-4H3,(H,12,14). The van der Waals surface area contributed by atoms with Gasteiger partial charge < -0.3 is 5.32 Å². The molecule has 0 aromatic carbocycles. The summed E-state index contributed by atoms with van der Waals surface area (Å²) in [6.07, 6.45) is 0. The zero-order chi connectivity index (χ0) is 10.7. The van der Waals surface area contributed by atoms with Gasteiger partial charge in [0.15, 0.2) is 0 Å². The smallest absolute Gasteiger partial charge is 0.238 e. The molecule has 0 fully saturated rings. The van der Waals surface area contributed by atoms with Gasteiger partial charge in [-0.3, -0.25) is 9.69 Å². The molecular formula is C11H20N2O. The minimum atomic E-state index is 0.111. The molecule has 3 nitrogen and oxygen atoms in total. The van der Waals surface area contributed by atoms with Crippen LogP contribution in [0.1, 0.15) is 27.7 Å². The van der Waals surface area contributed by atoms with Gasteiger partial charge in [0.1, 0.15) is 0 Å². The molecule has 1 amide bonds. The van der Waals surface area contributed by atoms with Crippen LogP contribution in [0.25, 0.3) is 0 Å². The summed E-state index contributed by atoms with van der Waals surface area (Å²) in [6, 6.07) is 0. The number of carbonyl (C=O) groups is 1. The quantitative estimate of drug-likeness (QED) is 0.723. The summed E-state index contributed by atoms with van der Waals surface area (Å²) in [5.41, 5.74) is 2.28. The number of nitrogens with zero attached hydrogens (tertiary/aromatic N) is 1. The Hall–Kier alpha value is -0.830. The third kappa shape index (κ3) is 3.14. The van der Waals surface area contributed by atoms with Crippen LogP contribution in [0, 0.1) is 5.92 Å². The third-order valence-corrected chi connectivity index (χ3v) is 2.42. The molecule has 0 aromatic rings. The van der Waals surface area contributed by atoms with Gasteiger partial charge in [0.2, 0.25) is 5.91 Å². The highest BCUT2D eigenvalue weighted by molar-refractivity contribution is 5.80. The van der Waals surface area contributed by atoms with E-state index in [2.05, 4.69) is 31.0 Å². The molecule has 3 heteroatoms. The molecule has 1 rings (SSSR count). The van der Waals surface area contributed by atoms with Crippen molar-refractivity contribution in [3.8, 4) is 0 Å². The first-order valence-electron chi connectivity index (χ1n) is 5.17. The third-order valence-electron chi connectivity index (χ3n) is 2.42. The van der Waals surface area contributed by atoms with Crippen LogP contribution in [0.5, 0.6) is 0 Å². The Morgan fingerprint density at radius 2 is 2.00 bits per heavy atom. The van der Waals surface area contributed by atoms with Crippen molar-refractivity contribution in [1.29, 1.82) is 0 Å². The molecule has 0 saturated carbocycles. The second kappa shape index (κ2) is 4.60. The predicted octanol–water partition coefficient (Wildman–Crippen LogP) is 1.37. The summed E-state index contributed by atoms with van der Waals surface area (Å²) >= 11 is 0. The van der Waals surface area contributed by atoms with E-state index in [-0.39, 0.29) is 5.91 Å². The summed E-state index contributed by atoms with van der Waals surface area (Å²) < 4.78 is 0. The molecule has 0 aromatic heterocycles. The summed E-state index contributed by atoms with van der Waals surface area (Å²) in [5.74, 6) is 0.717. The van der Waals surface area contributed by atoms with Gasteiger partial charge in [-0.05, 0) is 25.3 Å². The molecule has 1 heterocycles. The summed E-state index contributed by atoms with van der Waals surface area (Å²) in [5, 5.41) is 2.89. The summed E-state index contributed by atoms with van der Waals surface area (Å²) in [6.45, 7) is 10.8. The van der Waals surface area contributed by atoms with E-state index in [9.17, 15) is 4.79 Å². The number of rotatable bonds is 2. The maximum atomic E-state index is 11.4. The van der Waals surface area contributed by atoms with Crippen LogP contribution in [0.2, 0.25) is 0 Å². The Morgan fingerprint density at radius 3 is 2.57 bits per heavy atom. The number of nitrogens with one attached hydrogen (secondary N) is 1. The fourth-order valence-corrected chi connectivity index (χ4v) is 1.71. The molecule has 1 aliphatic rings. The van der Waals surface area contributed by atoms with E-state index < -0.39 is 0 Å². The van der Waals surface area contributed by atoms with E-state index >= 15 is 0 Å². The number of carbonyl (C=O) groups excluding carboxylic acids is 1. The normalized spacial score (nSPS) is 19.9. The van der Waals surface area contributed by atoms with Crippen LogP contribution in [0.3, 0.4) is 0 Å². The predicted molar refractivity (Wildman–Crippen MR) is 57.8 cm³/mol. The minimum Gasteiger partial charge on any atom is -0.329 e. The number of hydrogen-bond acceptors (Lipinski definition) is 2. The van der Waals surface area contributed by atoms with Gasteiger partial charge in [0.05, 0.1) is 6.54 Å². The van der Waals surface area contributed by atoms with E-state index in [0.717, 1.165) is 18.8 Å². The zero-order valence-corrected chi connectivity index (χ0v) is 9.55. The molecule has 80 valence electrons. The van der Waals surface area contributed by atoms with Gasteiger partial charge in [-0.1, -0.05) is 13.8 Å². The highest BCUT2D eigenvalue weighted by atomic mass is 16.2. The lowest BCUT2D eigenvalue weighted by Crippen LogP contribution is -2.35. The Balaban J connectivity index is 2.67. The maximum absolute atomic E-state index is 11.4. The second-order valence-electron chi connectivity index (χ2n) is 4.52. The topological polar surface area (TPSA) is 32.3 Å². The summed E-state index contributed by atoms with van der Waals surface area (Å²) in [7, 11) is 0. The van der Waals surface area contributed by atoms with Gasteiger partial charge in [-0.2, -0.15) is 0 Å². The number of amides is 1. The molecule has 0 spiro atoms. The Labute approximate surface area is 86.2 Å². The molecule has 0 saturated heterocycles. The van der Waals surface area contributed by atoms with Gasteiger partial charge in [0.25, 0.3) is 0 Å². The van der Waals surface area contributed by atoms with Crippen LogP contribution in [-0.4, -0.2) is 30.4 Å². The van der Waals surface area contributed by atoms with Crippen LogP contribution in [0.4, 0.5) is 0 Å². The Kier molecular flexibility index (Phi) is 3.69. The van der Waals surface area contributed by atoms with Crippen LogP contribution < -0.4 is 5.32 Å². The first kappa shape index (κ1) is 11.2. The first-order chi connectivity index (χ1) is 6.49. The largest absolute Gasteiger partial charge is 0.329 e. The van der Waals surface area contributed by atoms with Gasteiger partial charge >= 0.3 is 0 Å². The molecule has 0 radical (unpaired) electrons. The second-order valence-corrected chi connectivity index (χ2v) is 4.52. The van der Waals surface area contributed by atoms with Crippen LogP contribution in [0.15, 0.2) is 11.3 Å². The maximum Gasteiger partial charge on any atom is 0.238 e. The molecule has 1 N–H and O–H groups in total. The van der Waals surface area contributed by atoms with Crippen molar-refractivity contribution in [3.05, 3.63) is 11.3 Å². The number of allylic oxidation sites excluding steroid dienone is 1. The van der Waals surface area contributed by atoms with Crippen molar-refractivity contribution in [3.63, 3.8) is 0 Å². The average Bonchev–Trinajstić information content (AvgIpc) is 2.10. The van der Waals surface area contributed by atoms with Crippen molar-refractivity contribution in [2.75, 3.05) is 19.6 Å². The monoisotopic (exact) mass is 196 g/mol. The van der Waals surface area contributed by atoms with E-state index in [1.807, 2.05) is 6.92 Å². The molecule has 1 aliphatic heterocycles.